The third-order valence-electron chi connectivity index (χ3n) is 5.37. The van der Waals surface area contributed by atoms with Crippen LogP contribution in [0.3, 0.4) is 0 Å². The van der Waals surface area contributed by atoms with Gasteiger partial charge in [-0.1, -0.05) is 19.9 Å². The van der Waals surface area contributed by atoms with Crippen molar-refractivity contribution in [2.45, 2.75) is 39.7 Å². The van der Waals surface area contributed by atoms with Gasteiger partial charge in [0.05, 0.1) is 17.4 Å². The average molecular weight is 443 g/mol. The number of aromatic nitrogens is 5. The van der Waals surface area contributed by atoms with Gasteiger partial charge < -0.3 is 10.3 Å². The molecule has 0 aliphatic carbocycles. The zero-order valence-electron chi connectivity index (χ0n) is 19.0. The Balaban J connectivity index is 1.75. The first-order valence-corrected chi connectivity index (χ1v) is 10.8. The van der Waals surface area contributed by atoms with E-state index in [-0.39, 0.29) is 23.4 Å². The lowest BCUT2D eigenvalue weighted by molar-refractivity contribution is 0.0940. The Bertz CT molecular complexity index is 1340. The Morgan fingerprint density at radius 1 is 1.06 bits per heavy atom. The summed E-state index contributed by atoms with van der Waals surface area (Å²) in [5, 5.41) is 7.37. The molecule has 8 heteroatoms. The van der Waals surface area contributed by atoms with Crippen LogP contribution in [-0.4, -0.2) is 30.6 Å². The molecule has 33 heavy (non-hydrogen) atoms. The molecule has 1 amide bonds. The lowest BCUT2D eigenvalue weighted by Crippen LogP contribution is -2.27. The molecule has 3 heterocycles. The van der Waals surface area contributed by atoms with Crippen LogP contribution in [0.15, 0.2) is 66.0 Å². The van der Waals surface area contributed by atoms with Crippen molar-refractivity contribution in [1.82, 2.24) is 30.0 Å². The molecule has 1 atom stereocenters. The van der Waals surface area contributed by atoms with Crippen LogP contribution >= 0.6 is 0 Å². The highest BCUT2D eigenvalue weighted by molar-refractivity contribution is 5.96. The molecule has 1 aromatic carbocycles. The van der Waals surface area contributed by atoms with Crippen LogP contribution in [0.25, 0.3) is 16.9 Å². The van der Waals surface area contributed by atoms with E-state index in [0.717, 1.165) is 33.9 Å². The van der Waals surface area contributed by atoms with Crippen molar-refractivity contribution in [3.05, 3.63) is 94.1 Å². The van der Waals surface area contributed by atoms with Crippen LogP contribution in [0.1, 0.15) is 60.0 Å². The maximum Gasteiger partial charge on any atom is 0.251 e. The molecule has 0 spiro atoms. The van der Waals surface area contributed by atoms with Crippen LogP contribution in [0.2, 0.25) is 0 Å². The minimum absolute atomic E-state index is 0.155. The second kappa shape index (κ2) is 9.20. The van der Waals surface area contributed by atoms with E-state index >= 15 is 0 Å². The minimum atomic E-state index is -0.345. The summed E-state index contributed by atoms with van der Waals surface area (Å²) in [7, 11) is 0. The van der Waals surface area contributed by atoms with E-state index in [0.29, 0.717) is 5.56 Å². The van der Waals surface area contributed by atoms with Gasteiger partial charge in [-0.25, -0.2) is 9.67 Å². The number of pyridine rings is 2. The van der Waals surface area contributed by atoms with Gasteiger partial charge in [0.25, 0.3) is 5.91 Å². The van der Waals surface area contributed by atoms with Gasteiger partial charge in [0.15, 0.2) is 0 Å². The number of carbonyl (C=O) groups is 1. The Labute approximate surface area is 191 Å². The van der Waals surface area contributed by atoms with Crippen LogP contribution in [-0.2, 0) is 0 Å². The van der Waals surface area contributed by atoms with E-state index in [4.69, 9.17) is 0 Å². The second-order valence-electron chi connectivity index (χ2n) is 8.36. The summed E-state index contributed by atoms with van der Waals surface area (Å²) in [5.74, 6) is 0.693. The van der Waals surface area contributed by atoms with Gasteiger partial charge in [0.2, 0.25) is 5.56 Å². The first-order valence-electron chi connectivity index (χ1n) is 10.8. The molecular weight excluding hydrogens is 416 g/mol. The fraction of sp³-hybridized carbons (Fsp3) is 0.240. The molecule has 0 aliphatic heterocycles. The van der Waals surface area contributed by atoms with E-state index in [1.165, 1.54) is 12.4 Å². The molecule has 0 aliphatic rings. The van der Waals surface area contributed by atoms with Gasteiger partial charge in [0.1, 0.15) is 12.2 Å². The largest absolute Gasteiger partial charge is 0.346 e. The third kappa shape index (κ3) is 4.90. The first-order chi connectivity index (χ1) is 15.8. The van der Waals surface area contributed by atoms with Crippen molar-refractivity contribution in [3.63, 3.8) is 0 Å². The molecule has 3 aromatic heterocycles. The van der Waals surface area contributed by atoms with Crippen molar-refractivity contribution in [2.75, 3.05) is 0 Å². The first kappa shape index (κ1) is 22.1. The molecule has 0 bridgehead atoms. The predicted octanol–water partition coefficient (Wildman–Crippen LogP) is 3.94. The Kier molecular flexibility index (Phi) is 6.17. The number of aromatic amines is 1. The van der Waals surface area contributed by atoms with Crippen LogP contribution < -0.4 is 10.9 Å². The van der Waals surface area contributed by atoms with Crippen LogP contribution in [0.5, 0.6) is 0 Å². The summed E-state index contributed by atoms with van der Waals surface area (Å²) in [5.41, 5.74) is 4.31. The van der Waals surface area contributed by atoms with Gasteiger partial charge in [-0.2, -0.15) is 5.10 Å². The number of nitrogens with zero attached hydrogens (tertiary/aromatic N) is 4. The number of nitrogens with one attached hydrogen (secondary N) is 2. The SMILES string of the molecule is Cc1ccc(-c2cc(C(=O)NC(C)c3cc[nH]c(=O)c3)cc(-n3ncnc3C(C)C)c2)nc1. The summed E-state index contributed by atoms with van der Waals surface area (Å²) in [6.07, 6.45) is 4.88. The number of amides is 1. The van der Waals surface area contributed by atoms with E-state index in [9.17, 15) is 9.59 Å². The topological polar surface area (TPSA) is 106 Å². The molecule has 168 valence electrons. The number of rotatable bonds is 6. The normalized spacial score (nSPS) is 12.0. The Morgan fingerprint density at radius 2 is 1.88 bits per heavy atom. The monoisotopic (exact) mass is 442 g/mol. The Morgan fingerprint density at radius 3 is 2.58 bits per heavy atom. The van der Waals surface area contributed by atoms with Crippen molar-refractivity contribution >= 4 is 5.91 Å². The lowest BCUT2D eigenvalue weighted by Gasteiger charge is -2.16. The molecular formula is C25H26N6O2. The summed E-state index contributed by atoms with van der Waals surface area (Å²) in [6.45, 7) is 7.91. The fourth-order valence-electron chi connectivity index (χ4n) is 3.59. The van der Waals surface area contributed by atoms with Crippen LogP contribution in [0, 0.1) is 6.92 Å². The summed E-state index contributed by atoms with van der Waals surface area (Å²) < 4.78 is 1.75. The molecule has 8 nitrogen and oxygen atoms in total. The molecule has 4 aromatic rings. The highest BCUT2D eigenvalue weighted by Gasteiger charge is 2.17. The maximum atomic E-state index is 13.2. The quantitative estimate of drug-likeness (QED) is 0.470. The zero-order chi connectivity index (χ0) is 23.5. The van der Waals surface area contributed by atoms with Gasteiger partial charge in [-0.15, -0.1) is 0 Å². The lowest BCUT2D eigenvalue weighted by atomic mass is 10.0. The van der Waals surface area contributed by atoms with Gasteiger partial charge >= 0.3 is 0 Å². The molecule has 0 saturated heterocycles. The van der Waals surface area contributed by atoms with E-state index in [1.54, 1.807) is 29.2 Å². The number of H-pyrrole nitrogens is 1. The van der Waals surface area contributed by atoms with E-state index in [1.807, 2.05) is 52.0 Å². The summed E-state index contributed by atoms with van der Waals surface area (Å²) in [6, 6.07) is 12.4. The van der Waals surface area contributed by atoms with Gasteiger partial charge in [-0.05, 0) is 55.3 Å². The average Bonchev–Trinajstić information content (AvgIpc) is 3.30. The standard InChI is InChI=1S/C25H26N6O2/c1-15(2)24-28-14-29-31(24)21-10-19(22-6-5-16(3)13-27-22)9-20(11-21)25(33)30-17(4)18-7-8-26-23(32)12-18/h5-15,17H,1-4H3,(H,26,32)(H,30,33). The number of hydrogen-bond acceptors (Lipinski definition) is 5. The number of carbonyl (C=O) groups excluding carboxylic acids is 1. The van der Waals surface area contributed by atoms with Crippen LogP contribution in [0.4, 0.5) is 0 Å². The van der Waals surface area contributed by atoms with Crippen molar-refractivity contribution in [1.29, 1.82) is 0 Å². The molecule has 0 saturated carbocycles. The minimum Gasteiger partial charge on any atom is -0.346 e. The molecule has 4 rings (SSSR count). The molecule has 2 N–H and O–H groups in total. The van der Waals surface area contributed by atoms with E-state index < -0.39 is 0 Å². The van der Waals surface area contributed by atoms with E-state index in [2.05, 4.69) is 25.4 Å². The van der Waals surface area contributed by atoms with Gasteiger partial charge in [0, 0.05) is 35.5 Å². The fourth-order valence-corrected chi connectivity index (χ4v) is 3.59. The van der Waals surface area contributed by atoms with Crippen molar-refractivity contribution in [3.8, 4) is 16.9 Å². The summed E-state index contributed by atoms with van der Waals surface area (Å²) in [4.78, 5) is 36.4. The Hall–Kier alpha value is -4.07. The highest BCUT2D eigenvalue weighted by Crippen LogP contribution is 2.25. The number of aryl methyl sites for hydroxylation is 1. The van der Waals surface area contributed by atoms with Crippen molar-refractivity contribution in [2.24, 2.45) is 0 Å². The maximum absolute atomic E-state index is 13.2. The smallest absolute Gasteiger partial charge is 0.251 e. The molecule has 0 fully saturated rings. The number of hydrogen-bond donors (Lipinski definition) is 2. The van der Waals surface area contributed by atoms with Gasteiger partial charge in [-0.3, -0.25) is 14.6 Å². The third-order valence-corrected chi connectivity index (χ3v) is 5.37. The summed E-state index contributed by atoms with van der Waals surface area (Å²) >= 11 is 0. The molecule has 1 unspecified atom stereocenters. The predicted molar refractivity (Wildman–Crippen MR) is 126 cm³/mol. The highest BCUT2D eigenvalue weighted by atomic mass is 16.1. The zero-order valence-corrected chi connectivity index (χ0v) is 19.0. The number of benzene rings is 1. The van der Waals surface area contributed by atoms with Crippen molar-refractivity contribution < 1.29 is 4.79 Å². The molecule has 0 radical (unpaired) electrons. The second-order valence-corrected chi connectivity index (χ2v) is 8.36.